The first-order chi connectivity index (χ1) is 6.22. The van der Waals surface area contributed by atoms with E-state index in [4.69, 9.17) is 4.74 Å². The van der Waals surface area contributed by atoms with E-state index in [1.165, 1.54) is 0 Å². The van der Waals surface area contributed by atoms with Crippen LogP contribution in [0.1, 0.15) is 12.6 Å². The smallest absolute Gasteiger partial charge is 0.261 e. The van der Waals surface area contributed by atoms with E-state index >= 15 is 0 Å². The lowest BCUT2D eigenvalue weighted by molar-refractivity contribution is 0.00869. The highest BCUT2D eigenvalue weighted by Gasteiger charge is 2.03. The Morgan fingerprint density at radius 3 is 2.92 bits per heavy atom. The molecule has 0 spiro atoms. The van der Waals surface area contributed by atoms with E-state index in [0.29, 0.717) is 5.69 Å². The Morgan fingerprint density at radius 2 is 2.38 bits per heavy atom. The van der Waals surface area contributed by atoms with E-state index < -0.39 is 13.0 Å². The van der Waals surface area contributed by atoms with Crippen LogP contribution in [0.25, 0.3) is 0 Å². The minimum Gasteiger partial charge on any atom is -0.369 e. The molecule has 0 unspecified atom stereocenters. The molecule has 0 aliphatic carbocycles. The van der Waals surface area contributed by atoms with Crippen LogP contribution in [0, 0.1) is 0 Å². The SMILES string of the molecule is CCn1ccc(COCC(F)F)n1. The van der Waals surface area contributed by atoms with Crippen LogP contribution in [-0.2, 0) is 17.9 Å². The molecule has 5 heteroatoms. The Balaban J connectivity index is 2.28. The van der Waals surface area contributed by atoms with Crippen LogP contribution < -0.4 is 0 Å². The highest BCUT2D eigenvalue weighted by atomic mass is 19.3. The van der Waals surface area contributed by atoms with Crippen molar-refractivity contribution in [3.8, 4) is 0 Å². The first-order valence-corrected chi connectivity index (χ1v) is 4.10. The topological polar surface area (TPSA) is 27.1 Å². The fraction of sp³-hybridized carbons (Fsp3) is 0.625. The molecule has 0 aliphatic heterocycles. The van der Waals surface area contributed by atoms with Crippen LogP contribution in [0.4, 0.5) is 8.78 Å². The third kappa shape index (κ3) is 3.50. The second-order valence-electron chi connectivity index (χ2n) is 2.57. The molecule has 0 N–H and O–H groups in total. The first-order valence-electron chi connectivity index (χ1n) is 4.10. The second-order valence-corrected chi connectivity index (χ2v) is 2.57. The Morgan fingerprint density at radius 1 is 1.62 bits per heavy atom. The largest absolute Gasteiger partial charge is 0.369 e. The van der Waals surface area contributed by atoms with Gasteiger partial charge in [0.05, 0.1) is 12.3 Å². The molecule has 0 atom stereocenters. The Kier molecular flexibility index (Phi) is 3.82. The highest BCUT2D eigenvalue weighted by Crippen LogP contribution is 2.00. The number of rotatable bonds is 5. The maximum atomic E-state index is 11.7. The zero-order valence-electron chi connectivity index (χ0n) is 7.41. The summed E-state index contributed by atoms with van der Waals surface area (Å²) in [6.45, 7) is 2.35. The number of nitrogens with zero attached hydrogens (tertiary/aromatic N) is 2. The Bertz CT molecular complexity index is 250. The summed E-state index contributed by atoms with van der Waals surface area (Å²) in [5, 5.41) is 4.07. The van der Waals surface area contributed by atoms with Gasteiger partial charge in [-0.25, -0.2) is 8.78 Å². The van der Waals surface area contributed by atoms with E-state index in [2.05, 4.69) is 5.10 Å². The number of aromatic nitrogens is 2. The van der Waals surface area contributed by atoms with Crippen molar-refractivity contribution < 1.29 is 13.5 Å². The predicted molar refractivity (Wildman–Crippen MR) is 43.6 cm³/mol. The van der Waals surface area contributed by atoms with Crippen LogP contribution >= 0.6 is 0 Å². The van der Waals surface area contributed by atoms with Gasteiger partial charge in [-0.3, -0.25) is 4.68 Å². The van der Waals surface area contributed by atoms with Crippen molar-refractivity contribution in [2.45, 2.75) is 26.5 Å². The molecular weight excluding hydrogens is 178 g/mol. The highest BCUT2D eigenvalue weighted by molar-refractivity contribution is 4.96. The molecule has 0 bridgehead atoms. The zero-order chi connectivity index (χ0) is 9.68. The van der Waals surface area contributed by atoms with Crippen LogP contribution in [0.15, 0.2) is 12.3 Å². The molecule has 13 heavy (non-hydrogen) atoms. The molecule has 1 rings (SSSR count). The van der Waals surface area contributed by atoms with Gasteiger partial charge in [0.1, 0.15) is 6.61 Å². The summed E-state index contributed by atoms with van der Waals surface area (Å²) in [4.78, 5) is 0. The molecular formula is C8H12F2N2O. The normalized spacial score (nSPS) is 11.1. The summed E-state index contributed by atoms with van der Waals surface area (Å²) in [5.74, 6) is 0. The van der Waals surface area contributed by atoms with Crippen LogP contribution in [0.2, 0.25) is 0 Å². The average molecular weight is 190 g/mol. The van der Waals surface area contributed by atoms with Crippen molar-refractivity contribution in [2.75, 3.05) is 6.61 Å². The summed E-state index contributed by atoms with van der Waals surface area (Å²) in [5.41, 5.74) is 0.683. The fourth-order valence-electron chi connectivity index (χ4n) is 0.909. The standard InChI is InChI=1S/C8H12F2N2O/c1-2-12-4-3-7(11-12)5-13-6-8(9)10/h3-4,8H,2,5-6H2,1H3. The summed E-state index contributed by atoms with van der Waals surface area (Å²) in [6.07, 6.45) is -0.616. The molecule has 0 aliphatic rings. The van der Waals surface area contributed by atoms with Crippen LogP contribution in [-0.4, -0.2) is 22.8 Å². The number of alkyl halides is 2. The van der Waals surface area contributed by atoms with Gasteiger partial charge < -0.3 is 4.74 Å². The maximum Gasteiger partial charge on any atom is 0.261 e. The summed E-state index contributed by atoms with van der Waals surface area (Å²) < 4.78 is 29.8. The minimum absolute atomic E-state index is 0.150. The third-order valence-corrected chi connectivity index (χ3v) is 1.51. The van der Waals surface area contributed by atoms with E-state index in [-0.39, 0.29) is 6.61 Å². The van der Waals surface area contributed by atoms with Gasteiger partial charge in [-0.1, -0.05) is 0 Å². The predicted octanol–water partition coefficient (Wildman–Crippen LogP) is 1.68. The van der Waals surface area contributed by atoms with Crippen molar-refractivity contribution in [3.05, 3.63) is 18.0 Å². The minimum atomic E-state index is -2.41. The quantitative estimate of drug-likeness (QED) is 0.706. The van der Waals surface area contributed by atoms with Crippen molar-refractivity contribution >= 4 is 0 Å². The zero-order valence-corrected chi connectivity index (χ0v) is 7.41. The van der Waals surface area contributed by atoms with Crippen molar-refractivity contribution in [1.82, 2.24) is 9.78 Å². The second kappa shape index (κ2) is 4.91. The van der Waals surface area contributed by atoms with Crippen molar-refractivity contribution in [3.63, 3.8) is 0 Å². The molecule has 0 aromatic carbocycles. The molecule has 0 saturated heterocycles. The number of ether oxygens (including phenoxy) is 1. The lowest BCUT2D eigenvalue weighted by Gasteiger charge is -1.99. The summed E-state index contributed by atoms with van der Waals surface area (Å²) in [7, 11) is 0. The number of halogens is 2. The molecule has 74 valence electrons. The number of hydrogen-bond acceptors (Lipinski definition) is 2. The third-order valence-electron chi connectivity index (χ3n) is 1.51. The monoisotopic (exact) mass is 190 g/mol. The Hall–Kier alpha value is -0.970. The molecule has 1 aromatic heterocycles. The van der Waals surface area contributed by atoms with Crippen molar-refractivity contribution in [2.24, 2.45) is 0 Å². The van der Waals surface area contributed by atoms with Crippen LogP contribution in [0.5, 0.6) is 0 Å². The van der Waals surface area contributed by atoms with E-state index in [1.807, 2.05) is 6.92 Å². The molecule has 1 aromatic rings. The molecule has 0 saturated carbocycles. The van der Waals surface area contributed by atoms with Gasteiger partial charge in [-0.05, 0) is 13.0 Å². The number of hydrogen-bond donors (Lipinski definition) is 0. The van der Waals surface area contributed by atoms with Gasteiger partial charge in [0.25, 0.3) is 6.43 Å². The van der Waals surface area contributed by atoms with Crippen molar-refractivity contribution in [1.29, 1.82) is 0 Å². The van der Waals surface area contributed by atoms with Gasteiger partial charge in [0, 0.05) is 12.7 Å². The van der Waals surface area contributed by atoms with E-state index in [9.17, 15) is 8.78 Å². The van der Waals surface area contributed by atoms with E-state index in [1.54, 1.807) is 16.9 Å². The molecule has 0 radical (unpaired) electrons. The molecule has 3 nitrogen and oxygen atoms in total. The summed E-state index contributed by atoms with van der Waals surface area (Å²) >= 11 is 0. The molecule has 0 fully saturated rings. The lowest BCUT2D eigenvalue weighted by atomic mass is 10.5. The summed E-state index contributed by atoms with van der Waals surface area (Å²) in [6, 6.07) is 1.76. The molecule has 0 amide bonds. The van der Waals surface area contributed by atoms with Gasteiger partial charge >= 0.3 is 0 Å². The fourth-order valence-corrected chi connectivity index (χ4v) is 0.909. The van der Waals surface area contributed by atoms with Crippen LogP contribution in [0.3, 0.4) is 0 Å². The van der Waals surface area contributed by atoms with Gasteiger partial charge in [0.15, 0.2) is 0 Å². The van der Waals surface area contributed by atoms with E-state index in [0.717, 1.165) is 6.54 Å². The first kappa shape index (κ1) is 10.1. The molecule has 1 heterocycles. The lowest BCUT2D eigenvalue weighted by Crippen LogP contribution is -2.05. The number of aryl methyl sites for hydroxylation is 1. The Labute approximate surface area is 75.3 Å². The van der Waals surface area contributed by atoms with Gasteiger partial charge in [-0.2, -0.15) is 5.10 Å². The average Bonchev–Trinajstić information content (AvgIpc) is 2.52. The van der Waals surface area contributed by atoms with Gasteiger partial charge in [-0.15, -0.1) is 0 Å². The maximum absolute atomic E-state index is 11.7. The van der Waals surface area contributed by atoms with Gasteiger partial charge in [0.2, 0.25) is 0 Å².